The zero-order chi connectivity index (χ0) is 18.8. The van der Waals surface area contributed by atoms with Gasteiger partial charge in [0.1, 0.15) is 5.84 Å². The van der Waals surface area contributed by atoms with Crippen LogP contribution in [0.3, 0.4) is 0 Å². The molecular weight excluding hydrogens is 350 g/mol. The number of fused-ring (bicyclic) bond motifs is 1. The predicted molar refractivity (Wildman–Crippen MR) is 103 cm³/mol. The SMILES string of the molecule is CCC1CCc2cc(NC(=O)c3ccc(C(=N)N)cc3Cl)ccc2C1=O. The Balaban J connectivity index is 1.81. The molecule has 0 fully saturated rings. The maximum absolute atomic E-state index is 12.5. The molecule has 0 aromatic heterocycles. The van der Waals surface area contributed by atoms with E-state index in [2.05, 4.69) is 5.32 Å². The standard InChI is InChI=1S/C20H20ClN3O2/c1-2-11-3-4-12-9-14(6-8-15(12)18(11)25)24-20(26)16-7-5-13(19(22)23)10-17(16)21/h5-11H,2-4H2,1H3,(H3,22,23)(H,24,26). The second kappa shape index (κ2) is 7.30. The summed E-state index contributed by atoms with van der Waals surface area (Å²) in [4.78, 5) is 24.9. The van der Waals surface area contributed by atoms with Crippen LogP contribution < -0.4 is 11.1 Å². The van der Waals surface area contributed by atoms with Gasteiger partial charge in [-0.3, -0.25) is 15.0 Å². The summed E-state index contributed by atoms with van der Waals surface area (Å²) in [6.07, 6.45) is 2.53. The Bertz CT molecular complexity index is 908. The molecule has 1 unspecified atom stereocenters. The maximum Gasteiger partial charge on any atom is 0.257 e. The summed E-state index contributed by atoms with van der Waals surface area (Å²) in [6, 6.07) is 10.0. The van der Waals surface area contributed by atoms with Crippen LogP contribution in [0.15, 0.2) is 36.4 Å². The van der Waals surface area contributed by atoms with Crippen LogP contribution >= 0.6 is 11.6 Å². The van der Waals surface area contributed by atoms with Crippen molar-refractivity contribution >= 4 is 34.8 Å². The highest BCUT2D eigenvalue weighted by Gasteiger charge is 2.26. The van der Waals surface area contributed by atoms with Crippen LogP contribution in [0.5, 0.6) is 0 Å². The fourth-order valence-electron chi connectivity index (χ4n) is 3.25. The molecule has 5 nitrogen and oxygen atoms in total. The zero-order valence-electron chi connectivity index (χ0n) is 14.4. The highest BCUT2D eigenvalue weighted by Crippen LogP contribution is 2.30. The van der Waals surface area contributed by atoms with E-state index in [1.165, 1.54) is 6.07 Å². The lowest BCUT2D eigenvalue weighted by Crippen LogP contribution is -2.22. The van der Waals surface area contributed by atoms with Crippen LogP contribution in [0.2, 0.25) is 5.02 Å². The molecule has 0 saturated carbocycles. The lowest BCUT2D eigenvalue weighted by Gasteiger charge is -2.22. The van der Waals surface area contributed by atoms with Gasteiger partial charge in [-0.1, -0.05) is 24.6 Å². The molecule has 0 radical (unpaired) electrons. The molecule has 0 spiro atoms. The number of carbonyl (C=O) groups excluding carboxylic acids is 2. The van der Waals surface area contributed by atoms with E-state index in [9.17, 15) is 9.59 Å². The first kappa shape index (κ1) is 18.1. The number of hydrogen-bond donors (Lipinski definition) is 3. The van der Waals surface area contributed by atoms with Crippen molar-refractivity contribution in [2.24, 2.45) is 11.7 Å². The van der Waals surface area contributed by atoms with Gasteiger partial charge in [0.2, 0.25) is 0 Å². The van der Waals surface area contributed by atoms with Gasteiger partial charge in [-0.2, -0.15) is 0 Å². The number of anilines is 1. The van der Waals surface area contributed by atoms with Crippen LogP contribution in [0, 0.1) is 11.3 Å². The summed E-state index contributed by atoms with van der Waals surface area (Å²) >= 11 is 6.14. The summed E-state index contributed by atoms with van der Waals surface area (Å²) < 4.78 is 0. The lowest BCUT2D eigenvalue weighted by molar-refractivity contribution is 0.0898. The van der Waals surface area contributed by atoms with Crippen molar-refractivity contribution in [1.82, 2.24) is 0 Å². The number of rotatable bonds is 4. The van der Waals surface area contributed by atoms with Gasteiger partial charge in [0.15, 0.2) is 5.78 Å². The Kier molecular flexibility index (Phi) is 5.09. The number of Topliss-reactive ketones (excluding diaryl/α,β-unsaturated/α-hetero) is 1. The number of halogens is 1. The Morgan fingerprint density at radius 2 is 2.08 bits per heavy atom. The molecule has 2 aromatic carbocycles. The van der Waals surface area contributed by atoms with Crippen LogP contribution in [-0.2, 0) is 6.42 Å². The van der Waals surface area contributed by atoms with Gasteiger partial charge in [0.05, 0.1) is 10.6 Å². The fraction of sp³-hybridized carbons (Fsp3) is 0.250. The number of nitrogens with two attached hydrogens (primary N) is 1. The van der Waals surface area contributed by atoms with Gasteiger partial charge in [-0.25, -0.2) is 0 Å². The van der Waals surface area contributed by atoms with Gasteiger partial charge in [-0.15, -0.1) is 0 Å². The fourth-order valence-corrected chi connectivity index (χ4v) is 3.52. The second-order valence-electron chi connectivity index (χ2n) is 6.44. The maximum atomic E-state index is 12.5. The van der Waals surface area contributed by atoms with Crippen LogP contribution in [0.4, 0.5) is 5.69 Å². The molecule has 1 aliphatic rings. The van der Waals surface area contributed by atoms with E-state index in [0.717, 1.165) is 30.4 Å². The van der Waals surface area contributed by atoms with E-state index in [1.807, 2.05) is 13.0 Å². The number of amides is 1. The van der Waals surface area contributed by atoms with Crippen LogP contribution in [-0.4, -0.2) is 17.5 Å². The highest BCUT2D eigenvalue weighted by atomic mass is 35.5. The zero-order valence-corrected chi connectivity index (χ0v) is 15.2. The molecule has 6 heteroatoms. The Morgan fingerprint density at radius 1 is 1.31 bits per heavy atom. The number of nitrogen functional groups attached to an aromatic ring is 1. The topological polar surface area (TPSA) is 96.0 Å². The first-order valence-electron chi connectivity index (χ1n) is 8.53. The van der Waals surface area contributed by atoms with Crippen molar-refractivity contribution in [2.45, 2.75) is 26.2 Å². The van der Waals surface area contributed by atoms with Gasteiger partial charge >= 0.3 is 0 Å². The predicted octanol–water partition coefficient (Wildman–Crippen LogP) is 4.03. The molecule has 1 amide bonds. The molecule has 0 saturated heterocycles. The van der Waals surface area contributed by atoms with Crippen molar-refractivity contribution in [3.8, 4) is 0 Å². The first-order valence-corrected chi connectivity index (χ1v) is 8.91. The largest absolute Gasteiger partial charge is 0.384 e. The number of amidine groups is 1. The number of benzene rings is 2. The molecule has 0 bridgehead atoms. The minimum absolute atomic E-state index is 0.0986. The van der Waals surface area contributed by atoms with Crippen molar-refractivity contribution in [1.29, 1.82) is 5.41 Å². The molecule has 26 heavy (non-hydrogen) atoms. The van der Waals surface area contributed by atoms with E-state index in [4.69, 9.17) is 22.7 Å². The van der Waals surface area contributed by atoms with E-state index in [-0.39, 0.29) is 28.5 Å². The molecule has 0 heterocycles. The average molecular weight is 370 g/mol. The van der Waals surface area contributed by atoms with Crippen LogP contribution in [0.1, 0.15) is 51.6 Å². The van der Waals surface area contributed by atoms with Crippen molar-refractivity contribution < 1.29 is 9.59 Å². The van der Waals surface area contributed by atoms with Crippen molar-refractivity contribution in [3.05, 3.63) is 63.7 Å². The van der Waals surface area contributed by atoms with Gasteiger partial charge in [0, 0.05) is 22.7 Å². The monoisotopic (exact) mass is 369 g/mol. The van der Waals surface area contributed by atoms with Gasteiger partial charge in [-0.05, 0) is 55.2 Å². The smallest absolute Gasteiger partial charge is 0.257 e. The number of aryl methyl sites for hydroxylation is 1. The molecule has 134 valence electrons. The summed E-state index contributed by atoms with van der Waals surface area (Å²) in [5.41, 5.74) is 8.54. The van der Waals surface area contributed by atoms with Crippen molar-refractivity contribution in [3.63, 3.8) is 0 Å². The van der Waals surface area contributed by atoms with E-state index < -0.39 is 0 Å². The Labute approximate surface area is 157 Å². The van der Waals surface area contributed by atoms with Crippen LogP contribution in [0.25, 0.3) is 0 Å². The number of nitrogens with one attached hydrogen (secondary N) is 2. The molecule has 1 atom stereocenters. The molecular formula is C20H20ClN3O2. The average Bonchev–Trinajstić information content (AvgIpc) is 2.61. The molecule has 1 aliphatic carbocycles. The molecule has 3 rings (SSSR count). The minimum Gasteiger partial charge on any atom is -0.384 e. The molecule has 0 aliphatic heterocycles. The Morgan fingerprint density at radius 3 is 2.73 bits per heavy atom. The summed E-state index contributed by atoms with van der Waals surface area (Å²) in [7, 11) is 0. The lowest BCUT2D eigenvalue weighted by atomic mass is 9.81. The number of ketones is 1. The quantitative estimate of drug-likeness (QED) is 0.560. The highest BCUT2D eigenvalue weighted by molar-refractivity contribution is 6.34. The molecule has 4 N–H and O–H groups in total. The third-order valence-corrected chi connectivity index (χ3v) is 5.09. The summed E-state index contributed by atoms with van der Waals surface area (Å²) in [6.45, 7) is 2.03. The number of carbonyl (C=O) groups is 2. The van der Waals surface area contributed by atoms with E-state index in [0.29, 0.717) is 16.8 Å². The Hall–Kier alpha value is -2.66. The molecule has 2 aromatic rings. The first-order chi connectivity index (χ1) is 12.4. The second-order valence-corrected chi connectivity index (χ2v) is 6.85. The van der Waals surface area contributed by atoms with Gasteiger partial charge in [0.25, 0.3) is 5.91 Å². The van der Waals surface area contributed by atoms with Gasteiger partial charge < -0.3 is 11.1 Å². The van der Waals surface area contributed by atoms with E-state index in [1.54, 1.807) is 24.3 Å². The summed E-state index contributed by atoms with van der Waals surface area (Å²) in [5, 5.41) is 10.5. The normalized spacial score (nSPS) is 16.1. The summed E-state index contributed by atoms with van der Waals surface area (Å²) in [5.74, 6) is -0.168. The van der Waals surface area contributed by atoms with Crippen molar-refractivity contribution in [2.75, 3.05) is 5.32 Å². The number of hydrogen-bond acceptors (Lipinski definition) is 3. The minimum atomic E-state index is -0.348. The van der Waals surface area contributed by atoms with E-state index >= 15 is 0 Å². The third kappa shape index (κ3) is 3.48. The third-order valence-electron chi connectivity index (χ3n) is 4.78.